The summed E-state index contributed by atoms with van der Waals surface area (Å²) in [5, 5.41) is 4.25. The minimum absolute atomic E-state index is 0.613. The van der Waals surface area contributed by atoms with Crippen LogP contribution in [0.1, 0.15) is 0 Å². The van der Waals surface area contributed by atoms with Crippen molar-refractivity contribution in [1.82, 2.24) is 19.9 Å². The van der Waals surface area contributed by atoms with Crippen LogP contribution in [-0.4, -0.2) is 19.9 Å². The lowest BCUT2D eigenvalue weighted by molar-refractivity contribution is 0.569. The average molecular weight is 695 g/mol. The minimum atomic E-state index is 0.613. The largest absolute Gasteiger partial charge is 0.442 e. The highest BCUT2D eigenvalue weighted by Gasteiger charge is 2.21. The molecule has 6 aromatic carbocycles. The summed E-state index contributed by atoms with van der Waals surface area (Å²) in [5.41, 5.74) is 12.0. The summed E-state index contributed by atoms with van der Waals surface area (Å²) < 4.78 is 11.3. The molecule has 0 atom stereocenters. The Kier molecular flexibility index (Phi) is 7.69. The topological polar surface area (TPSA) is 77.8 Å². The highest BCUT2D eigenvalue weighted by atomic mass is 16.3. The second-order valence-corrected chi connectivity index (χ2v) is 13.1. The molecule has 0 saturated carbocycles. The van der Waals surface area contributed by atoms with Crippen LogP contribution in [0.2, 0.25) is 0 Å². The molecule has 0 N–H and O–H groups in total. The molecule has 254 valence electrons. The van der Waals surface area contributed by atoms with Crippen LogP contribution < -0.4 is 0 Å². The van der Waals surface area contributed by atoms with E-state index >= 15 is 0 Å². The van der Waals surface area contributed by atoms with Gasteiger partial charge in [0, 0.05) is 11.1 Å². The van der Waals surface area contributed by atoms with Gasteiger partial charge in [-0.1, -0.05) is 109 Å². The average Bonchev–Trinajstić information content (AvgIpc) is 4.00. The first kappa shape index (κ1) is 31.3. The molecule has 0 amide bonds. The van der Waals surface area contributed by atoms with Crippen LogP contribution in [0.4, 0.5) is 0 Å². The lowest BCUT2D eigenvalue weighted by atomic mass is 9.86. The second-order valence-electron chi connectivity index (χ2n) is 13.1. The number of pyridine rings is 2. The summed E-state index contributed by atoms with van der Waals surface area (Å²) in [5.74, 6) is 1.23. The number of fused-ring (bicyclic) bond motifs is 2. The first-order valence-corrected chi connectivity index (χ1v) is 17.7. The monoisotopic (exact) mass is 694 g/mol. The molecule has 0 bridgehead atoms. The Balaban J connectivity index is 1.27. The number of benzene rings is 6. The summed E-state index contributed by atoms with van der Waals surface area (Å²) in [4.78, 5) is 18.6. The number of hydrogen-bond acceptors (Lipinski definition) is 6. The molecule has 0 aliphatic rings. The normalized spacial score (nSPS) is 11.3. The first-order valence-electron chi connectivity index (χ1n) is 17.7. The van der Waals surface area contributed by atoms with Crippen molar-refractivity contribution in [2.45, 2.75) is 0 Å². The van der Waals surface area contributed by atoms with E-state index in [0.717, 1.165) is 83.1 Å². The van der Waals surface area contributed by atoms with Gasteiger partial charge in [0.1, 0.15) is 11.4 Å². The van der Waals surface area contributed by atoms with Gasteiger partial charge in [0.15, 0.2) is 24.3 Å². The number of hydrogen-bond donors (Lipinski definition) is 0. The standard InChI is InChI=1S/C48H30N4O2/c1-3-11-31(12-4-1)34-23-35(32-13-5-2-6-14-32)25-36(24-34)33-21-22-39-40(26-33)48(44-20-10-18-42(52-44)46-28-50-30-54-46)38-16-8-7-15-37(38)47(39)43-19-9-17-41(51-43)45-27-49-29-53-45/h1-30H. The smallest absolute Gasteiger partial charge is 0.181 e. The van der Waals surface area contributed by atoms with Gasteiger partial charge in [0.25, 0.3) is 0 Å². The van der Waals surface area contributed by atoms with Gasteiger partial charge in [-0.25, -0.2) is 19.9 Å². The zero-order valence-corrected chi connectivity index (χ0v) is 28.9. The van der Waals surface area contributed by atoms with Gasteiger partial charge in [0.05, 0.1) is 23.8 Å². The molecular weight excluding hydrogens is 665 g/mol. The molecule has 0 unspecified atom stereocenters. The van der Waals surface area contributed by atoms with Crippen LogP contribution in [0.25, 0.3) is 100 Å². The van der Waals surface area contributed by atoms with Gasteiger partial charge in [0.2, 0.25) is 0 Å². The van der Waals surface area contributed by atoms with Crippen molar-refractivity contribution in [2.24, 2.45) is 0 Å². The zero-order chi connectivity index (χ0) is 35.8. The molecule has 0 radical (unpaired) electrons. The summed E-state index contributed by atoms with van der Waals surface area (Å²) >= 11 is 0. The van der Waals surface area contributed by atoms with Crippen molar-refractivity contribution in [1.29, 1.82) is 0 Å². The van der Waals surface area contributed by atoms with Gasteiger partial charge in [-0.15, -0.1) is 0 Å². The van der Waals surface area contributed by atoms with Gasteiger partial charge >= 0.3 is 0 Å². The summed E-state index contributed by atoms with van der Waals surface area (Å²) in [6.07, 6.45) is 6.25. The van der Waals surface area contributed by atoms with Crippen molar-refractivity contribution in [3.8, 4) is 78.8 Å². The Labute approximate surface area is 311 Å². The number of rotatable bonds is 7. The predicted molar refractivity (Wildman–Crippen MR) is 215 cm³/mol. The Morgan fingerprint density at radius 3 is 1.26 bits per heavy atom. The third kappa shape index (κ3) is 5.63. The van der Waals surface area contributed by atoms with Crippen molar-refractivity contribution in [2.75, 3.05) is 0 Å². The SMILES string of the molecule is c1ccc(-c2cc(-c3ccccc3)cc(-c3ccc4c(-c5cccc(-c6cnco6)n5)c5ccccc5c(-c5cccc(-c6cnco6)n5)c4c3)c2)cc1. The summed E-state index contributed by atoms with van der Waals surface area (Å²) in [6.45, 7) is 0. The van der Waals surface area contributed by atoms with E-state index in [1.54, 1.807) is 12.4 Å². The fraction of sp³-hybridized carbons (Fsp3) is 0. The van der Waals surface area contributed by atoms with Crippen LogP contribution in [0.3, 0.4) is 0 Å². The highest BCUT2D eigenvalue weighted by molar-refractivity contribution is 6.21. The molecule has 4 aromatic heterocycles. The number of aromatic nitrogens is 4. The van der Waals surface area contributed by atoms with Crippen LogP contribution in [0, 0.1) is 0 Å². The molecule has 0 aliphatic heterocycles. The van der Waals surface area contributed by atoms with E-state index in [-0.39, 0.29) is 0 Å². The molecular formula is C48H30N4O2. The maximum atomic E-state index is 5.68. The third-order valence-corrected chi connectivity index (χ3v) is 9.88. The molecule has 0 spiro atoms. The van der Waals surface area contributed by atoms with Gasteiger partial charge < -0.3 is 8.83 Å². The highest BCUT2D eigenvalue weighted by Crippen LogP contribution is 2.45. The van der Waals surface area contributed by atoms with E-state index in [0.29, 0.717) is 17.2 Å². The van der Waals surface area contributed by atoms with E-state index in [4.69, 9.17) is 18.8 Å². The van der Waals surface area contributed by atoms with Gasteiger partial charge in [-0.2, -0.15) is 0 Å². The Morgan fingerprint density at radius 1 is 0.315 bits per heavy atom. The number of oxazole rings is 2. The molecule has 0 fully saturated rings. The minimum Gasteiger partial charge on any atom is -0.442 e. The Bertz CT molecular complexity index is 2860. The van der Waals surface area contributed by atoms with Crippen LogP contribution >= 0.6 is 0 Å². The first-order chi connectivity index (χ1) is 26.8. The fourth-order valence-corrected chi connectivity index (χ4v) is 7.41. The van der Waals surface area contributed by atoms with Crippen LogP contribution in [0.5, 0.6) is 0 Å². The van der Waals surface area contributed by atoms with E-state index < -0.39 is 0 Å². The summed E-state index contributed by atoms with van der Waals surface area (Å²) in [7, 11) is 0. The van der Waals surface area contributed by atoms with E-state index in [2.05, 4.69) is 143 Å². The molecule has 0 aliphatic carbocycles. The zero-order valence-electron chi connectivity index (χ0n) is 28.9. The fourth-order valence-electron chi connectivity index (χ4n) is 7.41. The van der Waals surface area contributed by atoms with Gasteiger partial charge in [-0.05, 0) is 103 Å². The maximum Gasteiger partial charge on any atom is 0.181 e. The predicted octanol–water partition coefficient (Wildman–Crippen LogP) is 12.4. The maximum absolute atomic E-state index is 5.68. The van der Waals surface area contributed by atoms with Crippen molar-refractivity contribution in [3.63, 3.8) is 0 Å². The molecule has 0 saturated heterocycles. The number of nitrogens with zero attached hydrogens (tertiary/aromatic N) is 4. The Morgan fingerprint density at radius 2 is 0.759 bits per heavy atom. The van der Waals surface area contributed by atoms with E-state index in [1.807, 2.05) is 24.3 Å². The van der Waals surface area contributed by atoms with Crippen LogP contribution in [0.15, 0.2) is 192 Å². The second kappa shape index (κ2) is 13.3. The summed E-state index contributed by atoms with van der Waals surface area (Å²) in [6, 6.07) is 55.3. The molecule has 6 nitrogen and oxygen atoms in total. The Hall–Kier alpha value is -7.44. The molecule has 10 rings (SSSR count). The molecule has 4 heterocycles. The van der Waals surface area contributed by atoms with Crippen molar-refractivity contribution < 1.29 is 8.83 Å². The quantitative estimate of drug-likeness (QED) is 0.155. The molecule has 6 heteroatoms. The van der Waals surface area contributed by atoms with Crippen molar-refractivity contribution in [3.05, 3.63) is 183 Å². The van der Waals surface area contributed by atoms with E-state index in [1.165, 1.54) is 12.8 Å². The molecule has 10 aromatic rings. The molecule has 54 heavy (non-hydrogen) atoms. The van der Waals surface area contributed by atoms with Crippen LogP contribution in [-0.2, 0) is 0 Å². The van der Waals surface area contributed by atoms with Gasteiger partial charge in [-0.3, -0.25) is 0 Å². The van der Waals surface area contributed by atoms with E-state index in [9.17, 15) is 0 Å². The lowest BCUT2D eigenvalue weighted by Crippen LogP contribution is -1.95. The lowest BCUT2D eigenvalue weighted by Gasteiger charge is -2.19. The third-order valence-electron chi connectivity index (χ3n) is 9.88. The van der Waals surface area contributed by atoms with Crippen molar-refractivity contribution >= 4 is 21.5 Å².